The van der Waals surface area contributed by atoms with Crippen LogP contribution in [-0.2, 0) is 17.2 Å². The first-order chi connectivity index (χ1) is 5.88. The highest BCUT2D eigenvalue weighted by Gasteiger charge is 1.98. The number of alkyl halides is 1. The Morgan fingerprint density at radius 3 is 3.17 bits per heavy atom. The van der Waals surface area contributed by atoms with Gasteiger partial charge in [0.2, 0.25) is 0 Å². The van der Waals surface area contributed by atoms with Crippen LogP contribution in [-0.4, -0.2) is 22.8 Å². The molecule has 0 unspecified atom stereocenters. The Morgan fingerprint density at radius 2 is 2.50 bits per heavy atom. The molecule has 12 heavy (non-hydrogen) atoms. The van der Waals surface area contributed by atoms with E-state index in [0.29, 0.717) is 5.88 Å². The lowest BCUT2D eigenvalue weighted by atomic mass is 10.5. The normalized spacial score (nSPS) is 10.5. The molecule has 1 rings (SSSR count). The van der Waals surface area contributed by atoms with Gasteiger partial charge in [-0.25, -0.2) is 4.98 Å². The van der Waals surface area contributed by atoms with Gasteiger partial charge in [0.15, 0.2) is 0 Å². The maximum Gasteiger partial charge on any atom is 0.0949 e. The summed E-state index contributed by atoms with van der Waals surface area (Å²) in [4.78, 5) is 3.99. The van der Waals surface area contributed by atoms with Gasteiger partial charge in [0.25, 0.3) is 0 Å². The molecule has 68 valence electrons. The van der Waals surface area contributed by atoms with Crippen molar-refractivity contribution in [1.29, 1.82) is 0 Å². The van der Waals surface area contributed by atoms with Crippen LogP contribution in [0.15, 0.2) is 12.5 Å². The summed E-state index contributed by atoms with van der Waals surface area (Å²) in [6.45, 7) is 4.29. The topological polar surface area (TPSA) is 27.1 Å². The second-order valence-corrected chi connectivity index (χ2v) is 2.68. The van der Waals surface area contributed by atoms with Gasteiger partial charge in [-0.05, 0) is 6.92 Å². The van der Waals surface area contributed by atoms with Crippen molar-refractivity contribution in [3.8, 4) is 0 Å². The van der Waals surface area contributed by atoms with Crippen LogP contribution < -0.4 is 0 Å². The SMILES string of the molecule is CCOCCn1cncc1CCl. The number of rotatable bonds is 5. The standard InChI is InChI=1S/C8H13ClN2O/c1-2-12-4-3-11-7-10-6-8(11)5-9/h6-7H,2-5H2,1H3. The van der Waals surface area contributed by atoms with Crippen LogP contribution in [0.5, 0.6) is 0 Å². The quantitative estimate of drug-likeness (QED) is 0.519. The third-order valence-electron chi connectivity index (χ3n) is 1.62. The third kappa shape index (κ3) is 2.50. The Hall–Kier alpha value is -0.540. The van der Waals surface area contributed by atoms with Gasteiger partial charge in [-0.15, -0.1) is 11.6 Å². The van der Waals surface area contributed by atoms with Crippen LogP contribution in [0.1, 0.15) is 12.6 Å². The van der Waals surface area contributed by atoms with Crippen LogP contribution >= 0.6 is 11.6 Å². The number of halogens is 1. The summed E-state index contributed by atoms with van der Waals surface area (Å²) in [6.07, 6.45) is 3.55. The predicted octanol–water partition coefficient (Wildman–Crippen LogP) is 1.66. The summed E-state index contributed by atoms with van der Waals surface area (Å²) in [5.41, 5.74) is 1.04. The van der Waals surface area contributed by atoms with Crippen molar-refractivity contribution in [2.45, 2.75) is 19.3 Å². The van der Waals surface area contributed by atoms with E-state index in [0.717, 1.165) is 25.5 Å². The summed E-state index contributed by atoms with van der Waals surface area (Å²) in [5.74, 6) is 0.506. The number of imidazole rings is 1. The number of hydrogen-bond acceptors (Lipinski definition) is 2. The first-order valence-corrected chi connectivity index (χ1v) is 4.54. The Labute approximate surface area is 77.3 Å². The minimum atomic E-state index is 0.506. The molecule has 0 aliphatic carbocycles. The van der Waals surface area contributed by atoms with E-state index in [1.54, 1.807) is 12.5 Å². The van der Waals surface area contributed by atoms with Crippen molar-refractivity contribution in [2.75, 3.05) is 13.2 Å². The minimum Gasteiger partial charge on any atom is -0.380 e. The fraction of sp³-hybridized carbons (Fsp3) is 0.625. The zero-order chi connectivity index (χ0) is 8.81. The van der Waals surface area contributed by atoms with Gasteiger partial charge in [0, 0.05) is 19.3 Å². The number of hydrogen-bond donors (Lipinski definition) is 0. The molecule has 1 aromatic heterocycles. The van der Waals surface area contributed by atoms with Crippen molar-refractivity contribution in [1.82, 2.24) is 9.55 Å². The first kappa shape index (κ1) is 9.55. The number of nitrogens with zero attached hydrogens (tertiary/aromatic N) is 2. The molecular weight excluding hydrogens is 176 g/mol. The van der Waals surface area contributed by atoms with E-state index in [9.17, 15) is 0 Å². The van der Waals surface area contributed by atoms with Crippen molar-refractivity contribution < 1.29 is 4.74 Å². The van der Waals surface area contributed by atoms with Crippen molar-refractivity contribution in [3.63, 3.8) is 0 Å². The lowest BCUT2D eigenvalue weighted by Gasteiger charge is -2.05. The lowest BCUT2D eigenvalue weighted by Crippen LogP contribution is -2.06. The second kappa shape index (κ2) is 5.17. The molecule has 3 nitrogen and oxygen atoms in total. The highest BCUT2D eigenvalue weighted by Crippen LogP contribution is 2.02. The second-order valence-electron chi connectivity index (χ2n) is 2.41. The zero-order valence-corrected chi connectivity index (χ0v) is 7.92. The summed E-state index contributed by atoms with van der Waals surface area (Å²) in [6, 6.07) is 0. The summed E-state index contributed by atoms with van der Waals surface area (Å²) >= 11 is 5.68. The molecule has 0 radical (unpaired) electrons. The maximum atomic E-state index is 5.68. The lowest BCUT2D eigenvalue weighted by molar-refractivity contribution is 0.138. The van der Waals surface area contributed by atoms with Gasteiger partial charge in [-0.2, -0.15) is 0 Å². The Kier molecular flexibility index (Phi) is 4.11. The van der Waals surface area contributed by atoms with E-state index >= 15 is 0 Å². The summed E-state index contributed by atoms with van der Waals surface area (Å²) < 4.78 is 7.22. The van der Waals surface area contributed by atoms with Gasteiger partial charge in [-0.1, -0.05) is 0 Å². The molecule has 0 atom stereocenters. The Balaban J connectivity index is 2.39. The molecule has 0 spiro atoms. The number of ether oxygens (including phenoxy) is 1. The average molecular weight is 189 g/mol. The largest absolute Gasteiger partial charge is 0.380 e. The van der Waals surface area contributed by atoms with E-state index in [2.05, 4.69) is 4.98 Å². The van der Waals surface area contributed by atoms with Crippen LogP contribution in [0.25, 0.3) is 0 Å². The highest BCUT2D eigenvalue weighted by molar-refractivity contribution is 6.16. The maximum absolute atomic E-state index is 5.68. The summed E-state index contributed by atoms with van der Waals surface area (Å²) in [5, 5.41) is 0. The van der Waals surface area contributed by atoms with Crippen molar-refractivity contribution in [2.24, 2.45) is 0 Å². The fourth-order valence-electron chi connectivity index (χ4n) is 0.968. The molecule has 1 aromatic rings. The third-order valence-corrected chi connectivity index (χ3v) is 1.89. The molecule has 0 saturated heterocycles. The molecule has 0 fully saturated rings. The van der Waals surface area contributed by atoms with Gasteiger partial charge in [0.05, 0.1) is 24.5 Å². The monoisotopic (exact) mass is 188 g/mol. The van der Waals surface area contributed by atoms with Gasteiger partial charge >= 0.3 is 0 Å². The molecule has 0 bridgehead atoms. The van der Waals surface area contributed by atoms with E-state index in [1.807, 2.05) is 11.5 Å². The van der Waals surface area contributed by atoms with Crippen LogP contribution in [0.2, 0.25) is 0 Å². The van der Waals surface area contributed by atoms with Gasteiger partial charge in [-0.3, -0.25) is 0 Å². The van der Waals surface area contributed by atoms with Gasteiger partial charge in [0.1, 0.15) is 0 Å². The molecule has 0 aliphatic heterocycles. The summed E-state index contributed by atoms with van der Waals surface area (Å²) in [7, 11) is 0. The molecule has 0 aromatic carbocycles. The molecule has 0 saturated carbocycles. The molecule has 0 amide bonds. The number of aromatic nitrogens is 2. The van der Waals surface area contributed by atoms with E-state index in [-0.39, 0.29) is 0 Å². The van der Waals surface area contributed by atoms with E-state index in [1.165, 1.54) is 0 Å². The first-order valence-electron chi connectivity index (χ1n) is 4.01. The van der Waals surface area contributed by atoms with Crippen molar-refractivity contribution >= 4 is 11.6 Å². The molecule has 0 aliphatic rings. The predicted molar refractivity (Wildman–Crippen MR) is 48.3 cm³/mol. The van der Waals surface area contributed by atoms with E-state index < -0.39 is 0 Å². The minimum absolute atomic E-state index is 0.506. The smallest absolute Gasteiger partial charge is 0.0949 e. The van der Waals surface area contributed by atoms with Crippen LogP contribution in [0.3, 0.4) is 0 Å². The highest BCUT2D eigenvalue weighted by atomic mass is 35.5. The molecule has 1 heterocycles. The molecular formula is C8H13ClN2O. The van der Waals surface area contributed by atoms with Crippen LogP contribution in [0.4, 0.5) is 0 Å². The zero-order valence-electron chi connectivity index (χ0n) is 7.16. The fourth-order valence-corrected chi connectivity index (χ4v) is 1.19. The Morgan fingerprint density at radius 1 is 1.67 bits per heavy atom. The van der Waals surface area contributed by atoms with Gasteiger partial charge < -0.3 is 9.30 Å². The average Bonchev–Trinajstić information content (AvgIpc) is 2.52. The van der Waals surface area contributed by atoms with Crippen molar-refractivity contribution in [3.05, 3.63) is 18.2 Å². The Bertz CT molecular complexity index is 225. The van der Waals surface area contributed by atoms with E-state index in [4.69, 9.17) is 16.3 Å². The van der Waals surface area contributed by atoms with Crippen LogP contribution in [0, 0.1) is 0 Å². The molecule has 0 N–H and O–H groups in total. The molecule has 4 heteroatoms.